The number of nitrogens with zero attached hydrogens (tertiary/aromatic N) is 2. The average molecular weight is 182 g/mol. The molecule has 1 aliphatic heterocycles. The number of halogens is 1. The van der Waals surface area contributed by atoms with Crippen LogP contribution in [-0.4, -0.2) is 29.1 Å². The minimum absolute atomic E-state index is 0.419. The molecule has 1 fully saturated rings. The second-order valence-electron chi connectivity index (χ2n) is 3.03. The average Bonchev–Trinajstić information content (AvgIpc) is 2.12. The quantitative estimate of drug-likeness (QED) is 0.707. The highest BCUT2D eigenvalue weighted by Crippen LogP contribution is 2.08. The first-order valence-corrected chi connectivity index (χ1v) is 4.22. The summed E-state index contributed by atoms with van der Waals surface area (Å²) in [6.45, 7) is 1.34. The van der Waals surface area contributed by atoms with E-state index in [1.807, 2.05) is 0 Å². The molecule has 1 saturated heterocycles. The first-order valence-electron chi connectivity index (χ1n) is 4.22. The number of hydrogen-bond donors (Lipinski definition) is 2. The lowest BCUT2D eigenvalue weighted by atomic mass is 10.2. The molecule has 0 aromatic carbocycles. The molecule has 0 spiro atoms. The van der Waals surface area contributed by atoms with E-state index in [4.69, 9.17) is 0 Å². The van der Waals surface area contributed by atoms with Gasteiger partial charge in [0.1, 0.15) is 18.8 Å². The lowest BCUT2D eigenvalue weighted by Gasteiger charge is -2.28. The molecule has 0 amide bonds. The Hall–Kier alpha value is -1.23. The maximum atomic E-state index is 12.2. The van der Waals surface area contributed by atoms with Gasteiger partial charge in [0.25, 0.3) is 0 Å². The molecule has 5 heteroatoms. The first-order chi connectivity index (χ1) is 6.38. The molecule has 2 heterocycles. The van der Waals surface area contributed by atoms with E-state index >= 15 is 0 Å². The Labute approximate surface area is 75.6 Å². The van der Waals surface area contributed by atoms with Gasteiger partial charge in [0.15, 0.2) is 0 Å². The van der Waals surface area contributed by atoms with Crippen molar-refractivity contribution >= 4 is 5.82 Å². The first kappa shape index (κ1) is 8.37. The topological polar surface area (TPSA) is 49.8 Å². The summed E-state index contributed by atoms with van der Waals surface area (Å²) in [6.07, 6.45) is 1.38. The van der Waals surface area contributed by atoms with Crippen LogP contribution < -0.4 is 10.6 Å². The zero-order valence-electron chi connectivity index (χ0n) is 7.13. The van der Waals surface area contributed by atoms with E-state index in [2.05, 4.69) is 20.6 Å². The van der Waals surface area contributed by atoms with Gasteiger partial charge in [-0.2, -0.15) is 0 Å². The largest absolute Gasteiger partial charge is 0.365 e. The molecule has 0 radical (unpaired) electrons. The van der Waals surface area contributed by atoms with Crippen LogP contribution in [0.5, 0.6) is 0 Å². The van der Waals surface area contributed by atoms with E-state index in [0.717, 1.165) is 13.1 Å². The fourth-order valence-electron chi connectivity index (χ4n) is 1.15. The Morgan fingerprint density at radius 1 is 1.54 bits per heavy atom. The molecule has 2 N–H and O–H groups in total. The smallest absolute Gasteiger partial charge is 0.132 e. The van der Waals surface area contributed by atoms with E-state index < -0.39 is 6.67 Å². The predicted octanol–water partition coefficient (Wildman–Crippen LogP) is 0.330. The van der Waals surface area contributed by atoms with Crippen LogP contribution in [0.2, 0.25) is 0 Å². The molecule has 0 atom stereocenters. The monoisotopic (exact) mass is 182 g/mol. The van der Waals surface area contributed by atoms with Crippen molar-refractivity contribution in [1.29, 1.82) is 0 Å². The highest BCUT2D eigenvalue weighted by molar-refractivity contribution is 5.36. The summed E-state index contributed by atoms with van der Waals surface area (Å²) in [4.78, 5) is 7.76. The van der Waals surface area contributed by atoms with Gasteiger partial charge in [-0.1, -0.05) is 0 Å². The molecule has 4 nitrogen and oxygen atoms in total. The SMILES string of the molecule is FCc1cc(NC2CNC2)ncn1. The Bertz CT molecular complexity index is 287. The fraction of sp³-hybridized carbons (Fsp3) is 0.500. The number of alkyl halides is 1. The van der Waals surface area contributed by atoms with Crippen molar-refractivity contribution in [3.8, 4) is 0 Å². The van der Waals surface area contributed by atoms with Crippen molar-refractivity contribution in [3.05, 3.63) is 18.1 Å². The Morgan fingerprint density at radius 2 is 2.38 bits per heavy atom. The van der Waals surface area contributed by atoms with Crippen LogP contribution in [-0.2, 0) is 6.67 Å². The standard InChI is InChI=1S/C8H11FN4/c9-2-6-1-8(12-5-11-6)13-7-3-10-4-7/h1,5,7,10H,2-4H2,(H,11,12,13). The van der Waals surface area contributed by atoms with Crippen molar-refractivity contribution < 1.29 is 4.39 Å². The summed E-state index contributed by atoms with van der Waals surface area (Å²) in [6, 6.07) is 2.06. The van der Waals surface area contributed by atoms with Crippen LogP contribution in [0.25, 0.3) is 0 Å². The molecule has 1 aromatic heterocycles. The normalized spacial score (nSPS) is 16.7. The molecule has 1 aliphatic rings. The second kappa shape index (κ2) is 3.66. The zero-order valence-corrected chi connectivity index (χ0v) is 7.13. The van der Waals surface area contributed by atoms with Gasteiger partial charge < -0.3 is 10.6 Å². The molecule has 2 rings (SSSR count). The van der Waals surface area contributed by atoms with Crippen LogP contribution in [0, 0.1) is 0 Å². The molecule has 0 saturated carbocycles. The summed E-state index contributed by atoms with van der Waals surface area (Å²) in [5.41, 5.74) is 0.421. The molecular formula is C8H11FN4. The number of anilines is 1. The predicted molar refractivity (Wildman–Crippen MR) is 47.1 cm³/mol. The second-order valence-corrected chi connectivity index (χ2v) is 3.03. The van der Waals surface area contributed by atoms with Gasteiger partial charge in [-0.3, -0.25) is 0 Å². The molecule has 0 unspecified atom stereocenters. The van der Waals surface area contributed by atoms with E-state index in [1.54, 1.807) is 6.07 Å². The van der Waals surface area contributed by atoms with Crippen LogP contribution in [0.4, 0.5) is 10.2 Å². The van der Waals surface area contributed by atoms with E-state index in [-0.39, 0.29) is 0 Å². The van der Waals surface area contributed by atoms with E-state index in [1.165, 1.54) is 6.33 Å². The summed E-state index contributed by atoms with van der Waals surface area (Å²) < 4.78 is 12.2. The number of hydrogen-bond acceptors (Lipinski definition) is 4. The maximum absolute atomic E-state index is 12.2. The Balaban J connectivity index is 2.01. The van der Waals surface area contributed by atoms with Gasteiger partial charge >= 0.3 is 0 Å². The third-order valence-electron chi connectivity index (χ3n) is 1.99. The lowest BCUT2D eigenvalue weighted by molar-refractivity contribution is 0.467. The summed E-state index contributed by atoms with van der Waals surface area (Å²) >= 11 is 0. The number of aromatic nitrogens is 2. The maximum Gasteiger partial charge on any atom is 0.132 e. The Kier molecular flexibility index (Phi) is 2.35. The van der Waals surface area contributed by atoms with Gasteiger partial charge in [0.2, 0.25) is 0 Å². The van der Waals surface area contributed by atoms with Crippen LogP contribution in [0.1, 0.15) is 5.69 Å². The van der Waals surface area contributed by atoms with E-state index in [9.17, 15) is 4.39 Å². The van der Waals surface area contributed by atoms with Gasteiger partial charge in [0, 0.05) is 19.2 Å². The van der Waals surface area contributed by atoms with E-state index in [0.29, 0.717) is 17.6 Å². The third kappa shape index (κ3) is 1.92. The van der Waals surface area contributed by atoms with Crippen molar-refractivity contribution in [2.24, 2.45) is 0 Å². The highest BCUT2D eigenvalue weighted by Gasteiger charge is 2.16. The van der Waals surface area contributed by atoms with Crippen LogP contribution >= 0.6 is 0 Å². The van der Waals surface area contributed by atoms with Crippen molar-refractivity contribution in [2.75, 3.05) is 18.4 Å². The minimum Gasteiger partial charge on any atom is -0.365 e. The Morgan fingerprint density at radius 3 is 3.00 bits per heavy atom. The van der Waals surface area contributed by atoms with Crippen molar-refractivity contribution in [1.82, 2.24) is 15.3 Å². The van der Waals surface area contributed by atoms with Crippen LogP contribution in [0.3, 0.4) is 0 Å². The fourth-order valence-corrected chi connectivity index (χ4v) is 1.15. The number of nitrogens with one attached hydrogen (secondary N) is 2. The number of rotatable bonds is 3. The molecule has 1 aromatic rings. The molecule has 0 bridgehead atoms. The molecule has 0 aliphatic carbocycles. The van der Waals surface area contributed by atoms with Gasteiger partial charge in [-0.05, 0) is 0 Å². The van der Waals surface area contributed by atoms with Gasteiger partial charge in [-0.25, -0.2) is 14.4 Å². The lowest BCUT2D eigenvalue weighted by Crippen LogP contribution is -2.51. The summed E-state index contributed by atoms with van der Waals surface area (Å²) in [5.74, 6) is 0.703. The van der Waals surface area contributed by atoms with Crippen LogP contribution in [0.15, 0.2) is 12.4 Å². The summed E-state index contributed by atoms with van der Waals surface area (Å²) in [5, 5.41) is 6.30. The molecule has 13 heavy (non-hydrogen) atoms. The molecule has 70 valence electrons. The minimum atomic E-state index is -0.542. The van der Waals surface area contributed by atoms with Gasteiger partial charge in [-0.15, -0.1) is 0 Å². The van der Waals surface area contributed by atoms with Crippen molar-refractivity contribution in [3.63, 3.8) is 0 Å². The van der Waals surface area contributed by atoms with Crippen molar-refractivity contribution in [2.45, 2.75) is 12.7 Å². The van der Waals surface area contributed by atoms with Gasteiger partial charge in [0.05, 0.1) is 11.7 Å². The zero-order chi connectivity index (χ0) is 9.10. The molecular weight excluding hydrogens is 171 g/mol. The summed E-state index contributed by atoms with van der Waals surface area (Å²) in [7, 11) is 0. The highest BCUT2D eigenvalue weighted by atomic mass is 19.1. The third-order valence-corrected chi connectivity index (χ3v) is 1.99.